The first kappa shape index (κ1) is 24.5. The van der Waals surface area contributed by atoms with Crippen molar-refractivity contribution in [1.29, 1.82) is 0 Å². The highest BCUT2D eigenvalue weighted by atomic mass is 19.1. The van der Waals surface area contributed by atoms with Crippen LogP contribution in [0.3, 0.4) is 0 Å². The van der Waals surface area contributed by atoms with E-state index in [1.54, 1.807) is 12.1 Å². The van der Waals surface area contributed by atoms with E-state index in [1.165, 1.54) is 50.8 Å². The predicted octanol–water partition coefficient (Wildman–Crippen LogP) is 6.79. The topological polar surface area (TPSA) is 52.6 Å². The first-order valence-electron chi connectivity index (χ1n) is 10.9. The molecule has 0 amide bonds. The number of hydrogen-bond acceptors (Lipinski definition) is 4. The molecule has 1 unspecified atom stereocenters. The van der Waals surface area contributed by atoms with Gasteiger partial charge >= 0.3 is 11.9 Å². The molecule has 0 saturated carbocycles. The molecule has 2 aromatic carbocycles. The maximum atomic E-state index is 13.9. The molecule has 0 aromatic heterocycles. The minimum Gasteiger partial charge on any atom is -0.462 e. The van der Waals surface area contributed by atoms with E-state index < -0.39 is 29.7 Å². The van der Waals surface area contributed by atoms with Crippen LogP contribution in [0.5, 0.6) is 0 Å². The maximum Gasteiger partial charge on any atom is 0.339 e. The normalized spacial score (nSPS) is 11.7. The van der Waals surface area contributed by atoms with Gasteiger partial charge in [-0.1, -0.05) is 63.6 Å². The Hall–Kier alpha value is -2.76. The van der Waals surface area contributed by atoms with Crippen LogP contribution in [0, 0.1) is 11.6 Å². The average molecular weight is 433 g/mol. The van der Waals surface area contributed by atoms with Crippen molar-refractivity contribution >= 4 is 11.9 Å². The number of benzene rings is 2. The Kier molecular flexibility index (Phi) is 10.1. The fourth-order valence-electron chi connectivity index (χ4n) is 3.32. The third-order valence-corrected chi connectivity index (χ3v) is 5.04. The van der Waals surface area contributed by atoms with E-state index in [0.29, 0.717) is 0 Å². The average Bonchev–Trinajstić information content (AvgIpc) is 2.75. The van der Waals surface area contributed by atoms with Crippen LogP contribution in [0.25, 0.3) is 0 Å². The number of carbonyl (C=O) groups is 2. The molecular formula is C25H30F2O4. The zero-order chi connectivity index (χ0) is 22.6. The molecule has 0 aliphatic heterocycles. The van der Waals surface area contributed by atoms with Gasteiger partial charge in [0.25, 0.3) is 0 Å². The number of rotatable bonds is 12. The van der Waals surface area contributed by atoms with Crippen LogP contribution in [0.2, 0.25) is 0 Å². The van der Waals surface area contributed by atoms with Gasteiger partial charge in [-0.15, -0.1) is 0 Å². The minimum atomic E-state index is -1.16. The Bertz CT molecular complexity index is 846. The van der Waals surface area contributed by atoms with Gasteiger partial charge in [-0.2, -0.15) is 0 Å². The fraction of sp³-hybridized carbons (Fsp3) is 0.440. The summed E-state index contributed by atoms with van der Waals surface area (Å²) in [5.74, 6) is -3.08. The third kappa shape index (κ3) is 7.46. The summed E-state index contributed by atoms with van der Waals surface area (Å²) in [5.41, 5.74) is -0.276. The molecule has 6 heteroatoms. The van der Waals surface area contributed by atoms with Crippen molar-refractivity contribution in [1.82, 2.24) is 0 Å². The fourth-order valence-corrected chi connectivity index (χ4v) is 3.32. The molecule has 0 radical (unpaired) electrons. The summed E-state index contributed by atoms with van der Waals surface area (Å²) in [7, 11) is 0. The van der Waals surface area contributed by atoms with Gasteiger partial charge in [0.15, 0.2) is 0 Å². The van der Waals surface area contributed by atoms with Crippen molar-refractivity contribution < 1.29 is 27.8 Å². The Morgan fingerprint density at radius 1 is 0.806 bits per heavy atom. The second-order valence-corrected chi connectivity index (χ2v) is 7.49. The first-order valence-corrected chi connectivity index (χ1v) is 10.9. The summed E-state index contributed by atoms with van der Waals surface area (Å²) in [4.78, 5) is 25.1. The highest BCUT2D eigenvalue weighted by Gasteiger charge is 2.24. The van der Waals surface area contributed by atoms with Crippen LogP contribution >= 0.6 is 0 Å². The molecule has 0 heterocycles. The van der Waals surface area contributed by atoms with Gasteiger partial charge in [-0.25, -0.2) is 18.4 Å². The number of unbranched alkanes of at least 4 members (excludes halogenated alkanes) is 6. The van der Waals surface area contributed by atoms with Crippen molar-refractivity contribution in [3.8, 4) is 0 Å². The SMILES string of the molecule is CCCCCCCCCOC(=O)c1ccccc1C(=O)OC(C)c1c(F)cccc1F. The van der Waals surface area contributed by atoms with E-state index in [1.807, 2.05) is 0 Å². The number of ether oxygens (including phenoxy) is 2. The molecule has 0 spiro atoms. The van der Waals surface area contributed by atoms with Crippen molar-refractivity contribution in [2.24, 2.45) is 0 Å². The summed E-state index contributed by atoms with van der Waals surface area (Å²) in [6.45, 7) is 3.82. The quantitative estimate of drug-likeness (QED) is 0.274. The molecule has 31 heavy (non-hydrogen) atoms. The van der Waals surface area contributed by atoms with Crippen LogP contribution in [0.4, 0.5) is 8.78 Å². The van der Waals surface area contributed by atoms with Crippen molar-refractivity contribution in [2.75, 3.05) is 6.61 Å². The third-order valence-electron chi connectivity index (χ3n) is 5.04. The molecule has 0 aliphatic carbocycles. The van der Waals surface area contributed by atoms with Crippen LogP contribution in [-0.4, -0.2) is 18.5 Å². The Balaban J connectivity index is 1.93. The van der Waals surface area contributed by atoms with Crippen LogP contribution in [0.1, 0.15) is 91.2 Å². The van der Waals surface area contributed by atoms with Crippen LogP contribution < -0.4 is 0 Å². The lowest BCUT2D eigenvalue weighted by molar-refractivity contribution is 0.0311. The Labute approximate surface area is 182 Å². The van der Waals surface area contributed by atoms with Gasteiger partial charge in [-0.3, -0.25) is 0 Å². The molecule has 4 nitrogen and oxygen atoms in total. The zero-order valence-electron chi connectivity index (χ0n) is 18.2. The molecule has 0 aliphatic rings. The van der Waals surface area contributed by atoms with Gasteiger partial charge in [0.2, 0.25) is 0 Å². The van der Waals surface area contributed by atoms with Crippen LogP contribution in [0.15, 0.2) is 42.5 Å². The summed E-state index contributed by atoms with van der Waals surface area (Å²) in [5, 5.41) is 0. The van der Waals surface area contributed by atoms with Gasteiger partial charge in [0, 0.05) is 0 Å². The van der Waals surface area contributed by atoms with E-state index in [2.05, 4.69) is 6.92 Å². The van der Waals surface area contributed by atoms with Crippen molar-refractivity contribution in [2.45, 2.75) is 64.9 Å². The smallest absolute Gasteiger partial charge is 0.339 e. The van der Waals surface area contributed by atoms with E-state index in [0.717, 1.165) is 31.4 Å². The summed E-state index contributed by atoms with van der Waals surface area (Å²) in [6, 6.07) is 9.52. The van der Waals surface area contributed by atoms with E-state index in [4.69, 9.17) is 9.47 Å². The number of carbonyl (C=O) groups excluding carboxylic acids is 2. The Morgan fingerprint density at radius 2 is 1.35 bits per heavy atom. The lowest BCUT2D eigenvalue weighted by Gasteiger charge is -2.16. The summed E-state index contributed by atoms with van der Waals surface area (Å²) >= 11 is 0. The molecule has 0 saturated heterocycles. The second-order valence-electron chi connectivity index (χ2n) is 7.49. The largest absolute Gasteiger partial charge is 0.462 e. The van der Waals surface area contributed by atoms with Gasteiger partial charge in [-0.05, 0) is 37.6 Å². The zero-order valence-corrected chi connectivity index (χ0v) is 18.2. The standard InChI is InChI=1S/C25H30F2O4/c1-3-4-5-6-7-8-11-17-30-24(28)19-13-9-10-14-20(19)25(29)31-18(2)23-21(26)15-12-16-22(23)27/h9-10,12-16,18H,3-8,11,17H2,1-2H3. The number of halogens is 2. The monoisotopic (exact) mass is 432 g/mol. The summed E-state index contributed by atoms with van der Waals surface area (Å²) < 4.78 is 38.4. The van der Waals surface area contributed by atoms with E-state index >= 15 is 0 Å². The highest BCUT2D eigenvalue weighted by Crippen LogP contribution is 2.25. The molecule has 0 N–H and O–H groups in total. The summed E-state index contributed by atoms with van der Waals surface area (Å²) in [6.07, 6.45) is 6.52. The molecule has 2 rings (SSSR count). The molecular weight excluding hydrogens is 402 g/mol. The molecule has 168 valence electrons. The van der Waals surface area contributed by atoms with Gasteiger partial charge < -0.3 is 9.47 Å². The maximum absolute atomic E-state index is 13.9. The minimum absolute atomic E-state index is 0.00402. The molecule has 0 fully saturated rings. The van der Waals surface area contributed by atoms with Crippen molar-refractivity contribution in [3.63, 3.8) is 0 Å². The molecule has 1 atom stereocenters. The van der Waals surface area contributed by atoms with Gasteiger partial charge in [0.05, 0.1) is 23.3 Å². The van der Waals surface area contributed by atoms with Crippen molar-refractivity contribution in [3.05, 3.63) is 70.8 Å². The van der Waals surface area contributed by atoms with E-state index in [9.17, 15) is 18.4 Å². The molecule has 2 aromatic rings. The lowest BCUT2D eigenvalue weighted by Crippen LogP contribution is -2.17. The first-order chi connectivity index (χ1) is 15.0. The van der Waals surface area contributed by atoms with E-state index in [-0.39, 0.29) is 23.3 Å². The predicted molar refractivity (Wildman–Crippen MR) is 115 cm³/mol. The van der Waals surface area contributed by atoms with Gasteiger partial charge in [0.1, 0.15) is 17.7 Å². The van der Waals surface area contributed by atoms with Crippen LogP contribution in [-0.2, 0) is 9.47 Å². The Morgan fingerprint density at radius 3 is 1.97 bits per heavy atom. The lowest BCUT2D eigenvalue weighted by atomic mass is 10.1. The highest BCUT2D eigenvalue weighted by molar-refractivity contribution is 6.03. The number of esters is 2. The molecule has 0 bridgehead atoms. The second kappa shape index (κ2) is 12.8. The number of hydrogen-bond donors (Lipinski definition) is 0.